The number of aromatic hydroxyl groups is 1. The van der Waals surface area contributed by atoms with E-state index in [1.165, 1.54) is 18.2 Å². The number of hydrogen-bond acceptors (Lipinski definition) is 2. The predicted molar refractivity (Wildman–Crippen MR) is 77.3 cm³/mol. The molecule has 112 valence electrons. The summed E-state index contributed by atoms with van der Waals surface area (Å²) in [6, 6.07) is 5.72. The summed E-state index contributed by atoms with van der Waals surface area (Å²) in [6.45, 7) is 0. The van der Waals surface area contributed by atoms with E-state index in [9.17, 15) is 18.3 Å². The Morgan fingerprint density at radius 2 is 1.62 bits per heavy atom. The quantitative estimate of drug-likeness (QED) is 0.642. The van der Waals surface area contributed by atoms with Crippen LogP contribution < -0.4 is 4.74 Å². The van der Waals surface area contributed by atoms with Crippen LogP contribution in [0.5, 0.6) is 17.2 Å². The van der Waals surface area contributed by atoms with Gasteiger partial charge in [-0.2, -0.15) is 13.2 Å². The van der Waals surface area contributed by atoms with E-state index in [1.54, 1.807) is 0 Å². The van der Waals surface area contributed by atoms with Gasteiger partial charge in [-0.05, 0) is 40.2 Å². The maximum atomic E-state index is 12.6. The molecule has 0 unspecified atom stereocenters. The van der Waals surface area contributed by atoms with Crippen LogP contribution in [0.3, 0.4) is 0 Å². The number of halogens is 6. The van der Waals surface area contributed by atoms with Crippen LogP contribution >= 0.6 is 39.1 Å². The molecule has 0 aromatic heterocycles. The third-order valence-corrected chi connectivity index (χ3v) is 3.70. The van der Waals surface area contributed by atoms with Crippen molar-refractivity contribution in [3.63, 3.8) is 0 Å². The van der Waals surface area contributed by atoms with Crippen LogP contribution in [0.2, 0.25) is 10.0 Å². The highest BCUT2D eigenvalue weighted by atomic mass is 79.9. The Kier molecular flexibility index (Phi) is 4.60. The lowest BCUT2D eigenvalue weighted by Crippen LogP contribution is -2.05. The average molecular weight is 402 g/mol. The number of phenols is 1. The van der Waals surface area contributed by atoms with Gasteiger partial charge >= 0.3 is 6.18 Å². The molecule has 0 amide bonds. The van der Waals surface area contributed by atoms with Gasteiger partial charge in [-0.25, -0.2) is 0 Å². The van der Waals surface area contributed by atoms with E-state index in [1.807, 2.05) is 0 Å². The Bertz CT molecular complexity index is 667. The van der Waals surface area contributed by atoms with Gasteiger partial charge < -0.3 is 9.84 Å². The van der Waals surface area contributed by atoms with Gasteiger partial charge in [0.1, 0.15) is 11.5 Å². The molecular weight excluding hydrogens is 396 g/mol. The van der Waals surface area contributed by atoms with Crippen LogP contribution in [0.4, 0.5) is 13.2 Å². The Morgan fingerprint density at radius 3 is 2.10 bits per heavy atom. The van der Waals surface area contributed by atoms with E-state index in [0.29, 0.717) is 4.47 Å². The van der Waals surface area contributed by atoms with Crippen LogP contribution in [0.25, 0.3) is 0 Å². The summed E-state index contributed by atoms with van der Waals surface area (Å²) < 4.78 is 43.6. The summed E-state index contributed by atoms with van der Waals surface area (Å²) in [5, 5.41) is 8.97. The van der Waals surface area contributed by atoms with Crippen molar-refractivity contribution >= 4 is 39.1 Å². The van der Waals surface area contributed by atoms with Crippen molar-refractivity contribution in [3.8, 4) is 17.2 Å². The first kappa shape index (κ1) is 16.3. The summed E-state index contributed by atoms with van der Waals surface area (Å²) in [7, 11) is 0. The van der Waals surface area contributed by atoms with E-state index >= 15 is 0 Å². The second-order valence-electron chi connectivity index (χ2n) is 3.98. The zero-order chi connectivity index (χ0) is 15.8. The summed E-state index contributed by atoms with van der Waals surface area (Å²) in [5.41, 5.74) is -0.969. The number of alkyl halides is 3. The Hall–Kier alpha value is -1.11. The fourth-order valence-corrected chi connectivity index (χ4v) is 2.31. The number of hydrogen-bond donors (Lipinski definition) is 1. The largest absolute Gasteiger partial charge is 0.507 e. The molecule has 21 heavy (non-hydrogen) atoms. The lowest BCUT2D eigenvalue weighted by Gasteiger charge is -2.13. The van der Waals surface area contributed by atoms with E-state index in [4.69, 9.17) is 27.9 Å². The van der Waals surface area contributed by atoms with Crippen molar-refractivity contribution in [1.82, 2.24) is 0 Å². The fraction of sp³-hybridized carbons (Fsp3) is 0.0769. The van der Waals surface area contributed by atoms with Gasteiger partial charge in [0, 0.05) is 6.07 Å². The molecule has 0 atom stereocenters. The third-order valence-electron chi connectivity index (χ3n) is 2.46. The maximum absolute atomic E-state index is 12.6. The normalized spacial score (nSPS) is 11.5. The van der Waals surface area contributed by atoms with Crippen molar-refractivity contribution in [3.05, 3.63) is 50.4 Å². The molecule has 0 aliphatic rings. The molecule has 0 aliphatic carbocycles. The van der Waals surface area contributed by atoms with Gasteiger partial charge in [-0.15, -0.1) is 0 Å². The van der Waals surface area contributed by atoms with Crippen LogP contribution in [0.1, 0.15) is 5.56 Å². The molecule has 2 rings (SSSR count). The van der Waals surface area contributed by atoms with E-state index in [0.717, 1.165) is 12.1 Å². The molecule has 2 aromatic carbocycles. The first-order valence-corrected chi connectivity index (χ1v) is 6.96. The van der Waals surface area contributed by atoms with Crippen molar-refractivity contribution in [2.24, 2.45) is 0 Å². The average Bonchev–Trinajstić information content (AvgIpc) is 2.36. The highest BCUT2D eigenvalue weighted by Gasteiger charge is 2.32. The highest BCUT2D eigenvalue weighted by molar-refractivity contribution is 9.10. The first-order chi connectivity index (χ1) is 9.68. The van der Waals surface area contributed by atoms with Gasteiger partial charge in [0.2, 0.25) is 0 Å². The standard InChI is InChI=1S/C13H6BrCl2F3O2/c14-8-2-1-7(5-11(8)20)21-12-9(15)3-6(4-10(12)16)13(17,18)19/h1-5,20H. The molecule has 0 saturated carbocycles. The zero-order valence-electron chi connectivity index (χ0n) is 10.0. The van der Waals surface area contributed by atoms with Gasteiger partial charge in [0.05, 0.1) is 20.1 Å². The Morgan fingerprint density at radius 1 is 1.05 bits per heavy atom. The number of ether oxygens (including phenoxy) is 1. The summed E-state index contributed by atoms with van der Waals surface area (Å²) in [6.07, 6.45) is -4.55. The molecule has 2 nitrogen and oxygen atoms in total. The molecule has 0 heterocycles. The van der Waals surface area contributed by atoms with Gasteiger partial charge in [-0.1, -0.05) is 23.2 Å². The number of benzene rings is 2. The van der Waals surface area contributed by atoms with Gasteiger partial charge in [-0.3, -0.25) is 0 Å². The maximum Gasteiger partial charge on any atom is 0.416 e. The summed E-state index contributed by atoms with van der Waals surface area (Å²) in [5.74, 6) is -0.0287. The van der Waals surface area contributed by atoms with E-state index < -0.39 is 11.7 Å². The van der Waals surface area contributed by atoms with Crippen molar-refractivity contribution in [1.29, 1.82) is 0 Å². The molecule has 0 spiro atoms. The summed E-state index contributed by atoms with van der Waals surface area (Å²) in [4.78, 5) is 0. The monoisotopic (exact) mass is 400 g/mol. The van der Waals surface area contributed by atoms with E-state index in [-0.39, 0.29) is 27.3 Å². The number of rotatable bonds is 2. The van der Waals surface area contributed by atoms with Crippen molar-refractivity contribution in [2.75, 3.05) is 0 Å². The second-order valence-corrected chi connectivity index (χ2v) is 5.65. The molecule has 0 bridgehead atoms. The second kappa shape index (κ2) is 5.94. The molecule has 0 saturated heterocycles. The molecule has 0 aliphatic heterocycles. The highest BCUT2D eigenvalue weighted by Crippen LogP contribution is 2.42. The first-order valence-electron chi connectivity index (χ1n) is 5.41. The molecule has 0 radical (unpaired) electrons. The molecular formula is C13H6BrCl2F3O2. The molecule has 1 N–H and O–H groups in total. The lowest BCUT2D eigenvalue weighted by atomic mass is 10.2. The Balaban J connectivity index is 2.39. The van der Waals surface area contributed by atoms with Crippen LogP contribution in [0, 0.1) is 0 Å². The SMILES string of the molecule is Oc1cc(Oc2c(Cl)cc(C(F)(F)F)cc2Cl)ccc1Br. The Labute approximate surface area is 136 Å². The van der Waals surface area contributed by atoms with Crippen molar-refractivity contribution < 1.29 is 23.0 Å². The smallest absolute Gasteiger partial charge is 0.416 e. The molecule has 8 heteroatoms. The number of phenolic OH excluding ortho intramolecular Hbond substituents is 1. The fourth-order valence-electron chi connectivity index (χ4n) is 1.49. The third kappa shape index (κ3) is 3.75. The van der Waals surface area contributed by atoms with Gasteiger partial charge in [0.15, 0.2) is 5.75 Å². The van der Waals surface area contributed by atoms with Crippen molar-refractivity contribution in [2.45, 2.75) is 6.18 Å². The van der Waals surface area contributed by atoms with Gasteiger partial charge in [0.25, 0.3) is 0 Å². The lowest BCUT2D eigenvalue weighted by molar-refractivity contribution is -0.137. The van der Waals surface area contributed by atoms with E-state index in [2.05, 4.69) is 15.9 Å². The van der Waals surface area contributed by atoms with Crippen LogP contribution in [-0.4, -0.2) is 5.11 Å². The predicted octanol–water partition coefficient (Wildman–Crippen LogP) is 6.27. The zero-order valence-corrected chi connectivity index (χ0v) is 13.1. The minimum absolute atomic E-state index is 0.0911. The summed E-state index contributed by atoms with van der Waals surface area (Å²) >= 11 is 14.7. The topological polar surface area (TPSA) is 29.5 Å². The van der Waals surface area contributed by atoms with Crippen LogP contribution in [0.15, 0.2) is 34.8 Å². The van der Waals surface area contributed by atoms with Crippen LogP contribution in [-0.2, 0) is 6.18 Å². The minimum Gasteiger partial charge on any atom is -0.507 e. The molecule has 0 fully saturated rings. The molecule has 2 aromatic rings. The minimum atomic E-state index is -4.55.